The van der Waals surface area contributed by atoms with Gasteiger partial charge in [0.1, 0.15) is 0 Å². The van der Waals surface area contributed by atoms with Gasteiger partial charge in [-0.15, -0.1) is 6.58 Å². The van der Waals surface area contributed by atoms with E-state index in [0.29, 0.717) is 6.04 Å². The van der Waals surface area contributed by atoms with Gasteiger partial charge in [-0.1, -0.05) is 13.0 Å². The molecule has 1 aromatic rings. The molecule has 0 aromatic carbocycles. The molecule has 0 fully saturated rings. The fraction of sp³-hybridized carbons (Fsp3) is 0.583. The average Bonchev–Trinajstić information content (AvgIpc) is 2.65. The lowest BCUT2D eigenvalue weighted by Gasteiger charge is -2.15. The highest BCUT2D eigenvalue weighted by molar-refractivity contribution is 5.03. The van der Waals surface area contributed by atoms with E-state index in [9.17, 15) is 0 Å². The van der Waals surface area contributed by atoms with Crippen molar-refractivity contribution in [1.82, 2.24) is 14.9 Å². The van der Waals surface area contributed by atoms with Crippen LogP contribution in [-0.4, -0.2) is 16.1 Å². The van der Waals surface area contributed by atoms with E-state index in [0.717, 1.165) is 31.5 Å². The maximum absolute atomic E-state index is 4.39. The van der Waals surface area contributed by atoms with Gasteiger partial charge in [0.25, 0.3) is 0 Å². The molecular weight excluding hydrogens is 186 g/mol. The topological polar surface area (TPSA) is 29.9 Å². The van der Waals surface area contributed by atoms with Gasteiger partial charge in [-0.25, -0.2) is 4.98 Å². The first-order valence-corrected chi connectivity index (χ1v) is 5.60. The zero-order valence-corrected chi connectivity index (χ0v) is 9.74. The molecule has 1 unspecified atom stereocenters. The van der Waals surface area contributed by atoms with E-state index >= 15 is 0 Å². The van der Waals surface area contributed by atoms with E-state index in [4.69, 9.17) is 0 Å². The van der Waals surface area contributed by atoms with E-state index in [1.165, 1.54) is 0 Å². The zero-order valence-electron chi connectivity index (χ0n) is 9.74. The van der Waals surface area contributed by atoms with Crippen molar-refractivity contribution in [2.45, 2.75) is 32.2 Å². The van der Waals surface area contributed by atoms with Gasteiger partial charge < -0.3 is 9.88 Å². The lowest BCUT2D eigenvalue weighted by atomic mass is 10.1. The summed E-state index contributed by atoms with van der Waals surface area (Å²) in [4.78, 5) is 4.39. The normalized spacial score (nSPS) is 12.7. The number of allylic oxidation sites excluding steroid dienone is 1. The van der Waals surface area contributed by atoms with Crippen LogP contribution in [0.2, 0.25) is 0 Å². The molecule has 84 valence electrons. The summed E-state index contributed by atoms with van der Waals surface area (Å²) < 4.78 is 1.99. The minimum atomic E-state index is 0.365. The molecule has 1 N–H and O–H groups in total. The molecule has 0 bridgehead atoms. The standard InChI is InChI=1S/C12H21N3/c1-4-6-7-11(13-8-5-2)12-9-15(3)10-14-12/h4,9-11,13H,1,5-8H2,2-3H3. The molecule has 0 amide bonds. The first kappa shape index (κ1) is 12.0. The summed E-state index contributed by atoms with van der Waals surface area (Å²) in [5.41, 5.74) is 1.13. The smallest absolute Gasteiger partial charge is 0.0947 e. The minimum Gasteiger partial charge on any atom is -0.340 e. The fourth-order valence-electron chi connectivity index (χ4n) is 1.57. The summed E-state index contributed by atoms with van der Waals surface area (Å²) in [5.74, 6) is 0. The summed E-state index contributed by atoms with van der Waals surface area (Å²) in [6, 6.07) is 0.365. The predicted molar refractivity (Wildman–Crippen MR) is 63.7 cm³/mol. The van der Waals surface area contributed by atoms with E-state index in [2.05, 4.69) is 30.0 Å². The van der Waals surface area contributed by atoms with Gasteiger partial charge in [0.15, 0.2) is 0 Å². The summed E-state index contributed by atoms with van der Waals surface area (Å²) in [6.45, 7) is 6.98. The van der Waals surface area contributed by atoms with E-state index in [1.807, 2.05) is 24.0 Å². The molecule has 1 atom stereocenters. The quantitative estimate of drug-likeness (QED) is 0.696. The van der Waals surface area contributed by atoms with Crippen LogP contribution in [0.3, 0.4) is 0 Å². The second-order valence-corrected chi connectivity index (χ2v) is 3.84. The first-order chi connectivity index (χ1) is 7.27. The Kier molecular flexibility index (Phi) is 5.12. The van der Waals surface area contributed by atoms with Crippen molar-refractivity contribution in [3.8, 4) is 0 Å². The van der Waals surface area contributed by atoms with E-state index in [-0.39, 0.29) is 0 Å². The second kappa shape index (κ2) is 6.40. The SMILES string of the molecule is C=CCCC(NCCC)c1cn(C)cn1. The van der Waals surface area contributed by atoms with Gasteiger partial charge in [-0.3, -0.25) is 0 Å². The van der Waals surface area contributed by atoms with Crippen LogP contribution in [0.5, 0.6) is 0 Å². The second-order valence-electron chi connectivity index (χ2n) is 3.84. The highest BCUT2D eigenvalue weighted by Gasteiger charge is 2.11. The fourth-order valence-corrected chi connectivity index (χ4v) is 1.57. The van der Waals surface area contributed by atoms with Gasteiger partial charge in [-0.05, 0) is 25.8 Å². The van der Waals surface area contributed by atoms with Gasteiger partial charge in [-0.2, -0.15) is 0 Å². The van der Waals surface area contributed by atoms with Crippen LogP contribution in [-0.2, 0) is 7.05 Å². The Balaban J connectivity index is 2.58. The number of aromatic nitrogens is 2. The van der Waals surface area contributed by atoms with Crippen molar-refractivity contribution in [3.05, 3.63) is 30.9 Å². The number of nitrogens with one attached hydrogen (secondary N) is 1. The molecule has 15 heavy (non-hydrogen) atoms. The van der Waals surface area contributed by atoms with E-state index in [1.54, 1.807) is 0 Å². The Morgan fingerprint density at radius 2 is 2.47 bits per heavy atom. The number of imidazole rings is 1. The van der Waals surface area contributed by atoms with Crippen molar-refractivity contribution < 1.29 is 0 Å². The molecule has 3 nitrogen and oxygen atoms in total. The molecule has 1 aromatic heterocycles. The van der Waals surface area contributed by atoms with Crippen LogP contribution in [0.1, 0.15) is 37.9 Å². The Bertz CT molecular complexity index is 291. The number of rotatable bonds is 7. The highest BCUT2D eigenvalue weighted by Crippen LogP contribution is 2.16. The molecule has 0 saturated carbocycles. The average molecular weight is 207 g/mol. The van der Waals surface area contributed by atoms with Crippen molar-refractivity contribution in [2.24, 2.45) is 7.05 Å². The molecular formula is C12H21N3. The van der Waals surface area contributed by atoms with Crippen molar-refractivity contribution in [2.75, 3.05) is 6.54 Å². The molecule has 0 aliphatic rings. The number of hydrogen-bond acceptors (Lipinski definition) is 2. The maximum atomic E-state index is 4.39. The van der Waals surface area contributed by atoms with Gasteiger partial charge in [0.05, 0.1) is 18.1 Å². The van der Waals surface area contributed by atoms with Gasteiger partial charge >= 0.3 is 0 Å². The van der Waals surface area contributed by atoms with E-state index < -0.39 is 0 Å². The summed E-state index contributed by atoms with van der Waals surface area (Å²) in [7, 11) is 2.00. The molecule has 3 heteroatoms. The van der Waals surface area contributed by atoms with Crippen LogP contribution < -0.4 is 5.32 Å². The predicted octanol–water partition coefficient (Wildman–Crippen LogP) is 2.43. The van der Waals surface area contributed by atoms with Crippen LogP contribution in [0.15, 0.2) is 25.2 Å². The van der Waals surface area contributed by atoms with Crippen LogP contribution in [0.4, 0.5) is 0 Å². The Morgan fingerprint density at radius 3 is 3.00 bits per heavy atom. The third-order valence-corrected chi connectivity index (χ3v) is 2.38. The summed E-state index contributed by atoms with van der Waals surface area (Å²) >= 11 is 0. The number of aryl methyl sites for hydroxylation is 1. The lowest BCUT2D eigenvalue weighted by molar-refractivity contribution is 0.494. The lowest BCUT2D eigenvalue weighted by Crippen LogP contribution is -2.22. The summed E-state index contributed by atoms with van der Waals surface area (Å²) in [5, 5.41) is 3.51. The molecule has 0 radical (unpaired) electrons. The van der Waals surface area contributed by atoms with Gasteiger partial charge in [0.2, 0.25) is 0 Å². The molecule has 0 spiro atoms. The molecule has 0 saturated heterocycles. The molecule has 1 heterocycles. The maximum Gasteiger partial charge on any atom is 0.0947 e. The van der Waals surface area contributed by atoms with Crippen molar-refractivity contribution >= 4 is 0 Å². The number of hydrogen-bond donors (Lipinski definition) is 1. The third kappa shape index (κ3) is 3.88. The largest absolute Gasteiger partial charge is 0.340 e. The van der Waals surface area contributed by atoms with Gasteiger partial charge in [0, 0.05) is 13.2 Å². The Labute approximate surface area is 92.2 Å². The van der Waals surface area contributed by atoms with Crippen LogP contribution in [0.25, 0.3) is 0 Å². The Morgan fingerprint density at radius 1 is 1.67 bits per heavy atom. The van der Waals surface area contributed by atoms with Crippen LogP contribution >= 0.6 is 0 Å². The Hall–Kier alpha value is -1.09. The molecule has 1 rings (SSSR count). The highest BCUT2D eigenvalue weighted by atomic mass is 15.0. The van der Waals surface area contributed by atoms with Crippen LogP contribution in [0, 0.1) is 0 Å². The third-order valence-electron chi connectivity index (χ3n) is 2.38. The monoisotopic (exact) mass is 207 g/mol. The first-order valence-electron chi connectivity index (χ1n) is 5.60. The number of nitrogens with zero attached hydrogens (tertiary/aromatic N) is 2. The zero-order chi connectivity index (χ0) is 11.1. The van der Waals surface area contributed by atoms with Crippen molar-refractivity contribution in [1.29, 1.82) is 0 Å². The summed E-state index contributed by atoms with van der Waals surface area (Å²) in [6.07, 6.45) is 9.14. The molecule has 0 aliphatic carbocycles. The minimum absolute atomic E-state index is 0.365. The molecule has 0 aliphatic heterocycles. The van der Waals surface area contributed by atoms with Crippen molar-refractivity contribution in [3.63, 3.8) is 0 Å².